The van der Waals surface area contributed by atoms with Crippen molar-refractivity contribution in [2.45, 2.75) is 50.1 Å². The van der Waals surface area contributed by atoms with Crippen molar-refractivity contribution < 1.29 is 70.6 Å². The lowest BCUT2D eigenvalue weighted by molar-refractivity contribution is -0.149. The molecular weight excluding hydrogens is 823 g/mol. The molecule has 2 heterocycles. The van der Waals surface area contributed by atoms with Gasteiger partial charge in [-0.1, -0.05) is 61.2 Å². The molecule has 0 spiro atoms. The number of hydrogen-bond donors (Lipinski definition) is 0. The predicted octanol–water partition coefficient (Wildman–Crippen LogP) is 6.73. The van der Waals surface area contributed by atoms with Gasteiger partial charge in [-0.2, -0.15) is 0 Å². The number of halogens is 2. The molecule has 4 atom stereocenters. The second kappa shape index (κ2) is 22.5. The largest absolute Gasteiger partial charge is 0.463 e. The van der Waals surface area contributed by atoms with E-state index >= 15 is 8.78 Å². The minimum Gasteiger partial charge on any atom is -0.463 e. The monoisotopic (exact) mass is 868 g/mol. The Labute approximate surface area is 362 Å². The van der Waals surface area contributed by atoms with Crippen LogP contribution in [0.5, 0.6) is 0 Å². The highest BCUT2D eigenvalue weighted by Crippen LogP contribution is 2.33. The standard InChI is InChI=1S/C48H46F2O13/c1-3-21-56-22-23-58-43(52)19-7-30-5-17-36(38(49)26-30)32-9-13-34(14-10-32)47(54)62-40-28-60-46-41(29-61-45(40)46)63-48(55)35-15-11-33(12-16-35)37-18-6-31(27-39(37)50)8-20-44(53)59-25-24-57-42(51)4-2/h3-6,9-18,26-27,40-41,45-46H,1-2,7-8,19-25,28-29H2/t40-,41+,45+,46+/m0/s1. The second-order valence-corrected chi connectivity index (χ2v) is 14.4. The zero-order valence-corrected chi connectivity index (χ0v) is 34.3. The summed E-state index contributed by atoms with van der Waals surface area (Å²) in [4.78, 5) is 61.3. The number of fused-ring (bicyclic) bond motifs is 1. The fraction of sp³-hybridized carbons (Fsp3) is 0.312. The molecule has 4 aromatic carbocycles. The number of aryl methyl sites for hydroxylation is 2. The van der Waals surface area contributed by atoms with Crippen LogP contribution in [0.3, 0.4) is 0 Å². The third-order valence-electron chi connectivity index (χ3n) is 10.1. The van der Waals surface area contributed by atoms with E-state index in [9.17, 15) is 24.0 Å². The summed E-state index contributed by atoms with van der Waals surface area (Å²) in [5.41, 5.74) is 3.34. The van der Waals surface area contributed by atoms with Gasteiger partial charge in [0, 0.05) is 30.0 Å². The lowest BCUT2D eigenvalue weighted by Crippen LogP contribution is -2.36. The first-order valence-electron chi connectivity index (χ1n) is 20.2. The van der Waals surface area contributed by atoms with E-state index in [0.717, 1.165) is 6.08 Å². The lowest BCUT2D eigenvalue weighted by atomic mass is 10.00. The van der Waals surface area contributed by atoms with E-state index in [4.69, 9.17) is 37.9 Å². The van der Waals surface area contributed by atoms with Gasteiger partial charge in [0.1, 0.15) is 43.7 Å². The summed E-state index contributed by atoms with van der Waals surface area (Å²) in [7, 11) is 0. The molecule has 0 N–H and O–H groups in total. The van der Waals surface area contributed by atoms with Crippen molar-refractivity contribution in [2.24, 2.45) is 0 Å². The summed E-state index contributed by atoms with van der Waals surface area (Å²) >= 11 is 0. The molecule has 330 valence electrons. The van der Waals surface area contributed by atoms with Crippen molar-refractivity contribution in [2.75, 3.05) is 46.2 Å². The SMILES string of the molecule is C=CCOCCOC(=O)CCc1ccc(-c2ccc(C(=O)O[C@H]3CO[C@H]4[C@@H]3OC[C@H]4OC(=O)c3ccc(-c4ccc(CCC(=O)OCCOC(=O)C=C)cc4F)cc3)cc2)c(F)c1. The Hall–Kier alpha value is -6.55. The molecule has 4 aromatic rings. The van der Waals surface area contributed by atoms with Crippen LogP contribution >= 0.6 is 0 Å². The molecule has 2 fully saturated rings. The highest BCUT2D eigenvalue weighted by Gasteiger charge is 2.51. The zero-order chi connectivity index (χ0) is 44.7. The molecule has 63 heavy (non-hydrogen) atoms. The fourth-order valence-electron chi connectivity index (χ4n) is 6.89. The quantitative estimate of drug-likeness (QED) is 0.0286. The highest BCUT2D eigenvalue weighted by molar-refractivity contribution is 5.91. The predicted molar refractivity (Wildman–Crippen MR) is 222 cm³/mol. The normalized spacial score (nSPS) is 17.6. The minimum atomic E-state index is -0.773. The van der Waals surface area contributed by atoms with E-state index in [1.54, 1.807) is 54.6 Å². The van der Waals surface area contributed by atoms with Gasteiger partial charge in [-0.05, 0) is 71.5 Å². The van der Waals surface area contributed by atoms with Crippen LogP contribution in [0.1, 0.15) is 44.7 Å². The van der Waals surface area contributed by atoms with Gasteiger partial charge in [-0.3, -0.25) is 9.59 Å². The topological polar surface area (TPSA) is 159 Å². The summed E-state index contributed by atoms with van der Waals surface area (Å²) in [6, 6.07) is 21.8. The Morgan fingerprint density at radius 1 is 0.603 bits per heavy atom. The summed E-state index contributed by atoms with van der Waals surface area (Å²) in [5.74, 6) is -3.82. The average molecular weight is 869 g/mol. The fourth-order valence-corrected chi connectivity index (χ4v) is 6.89. The first-order chi connectivity index (χ1) is 30.5. The first kappa shape index (κ1) is 46.0. The van der Waals surface area contributed by atoms with Crippen LogP contribution in [0.4, 0.5) is 8.78 Å². The van der Waals surface area contributed by atoms with Crippen LogP contribution < -0.4 is 0 Å². The summed E-state index contributed by atoms with van der Waals surface area (Å²) in [5, 5.41) is 0. The van der Waals surface area contributed by atoms with Gasteiger partial charge in [0.2, 0.25) is 0 Å². The van der Waals surface area contributed by atoms with Crippen LogP contribution in [-0.4, -0.2) is 101 Å². The number of carbonyl (C=O) groups excluding carboxylic acids is 5. The van der Waals surface area contributed by atoms with E-state index in [2.05, 4.69) is 13.2 Å². The molecule has 6 rings (SSSR count). The Morgan fingerprint density at radius 3 is 1.48 bits per heavy atom. The Kier molecular flexibility index (Phi) is 16.4. The van der Waals surface area contributed by atoms with Gasteiger partial charge >= 0.3 is 29.8 Å². The molecule has 0 bridgehead atoms. The van der Waals surface area contributed by atoms with Crippen molar-refractivity contribution in [3.8, 4) is 22.3 Å². The Morgan fingerprint density at radius 2 is 1.05 bits per heavy atom. The highest BCUT2D eigenvalue weighted by atomic mass is 19.1. The van der Waals surface area contributed by atoms with Crippen molar-refractivity contribution >= 4 is 29.8 Å². The first-order valence-corrected chi connectivity index (χ1v) is 20.2. The molecule has 2 saturated heterocycles. The van der Waals surface area contributed by atoms with Crippen LogP contribution in [-0.2, 0) is 65.1 Å². The van der Waals surface area contributed by atoms with Gasteiger partial charge < -0.3 is 37.9 Å². The molecule has 0 aliphatic carbocycles. The molecular formula is C48H46F2O13. The smallest absolute Gasteiger partial charge is 0.338 e. The van der Waals surface area contributed by atoms with Crippen molar-refractivity contribution in [1.82, 2.24) is 0 Å². The van der Waals surface area contributed by atoms with E-state index in [0.29, 0.717) is 46.4 Å². The summed E-state index contributed by atoms with van der Waals surface area (Å²) in [6.45, 7) is 7.43. The molecule has 0 radical (unpaired) electrons. The molecule has 2 aliphatic rings. The zero-order valence-electron chi connectivity index (χ0n) is 34.3. The van der Waals surface area contributed by atoms with Gasteiger partial charge in [-0.15, -0.1) is 6.58 Å². The van der Waals surface area contributed by atoms with Crippen LogP contribution in [0.15, 0.2) is 110 Å². The third-order valence-corrected chi connectivity index (χ3v) is 10.1. The minimum absolute atomic E-state index is 0.00596. The van der Waals surface area contributed by atoms with Gasteiger partial charge in [-0.25, -0.2) is 23.2 Å². The maximum atomic E-state index is 15.1. The maximum absolute atomic E-state index is 15.1. The summed E-state index contributed by atoms with van der Waals surface area (Å²) < 4.78 is 73.4. The molecule has 15 heteroatoms. The van der Waals surface area contributed by atoms with Crippen LogP contribution in [0, 0.1) is 11.6 Å². The second-order valence-electron chi connectivity index (χ2n) is 14.4. The number of rotatable bonds is 21. The summed E-state index contributed by atoms with van der Waals surface area (Å²) in [6.07, 6.45) is 0.345. The molecule has 0 amide bonds. The number of ether oxygens (including phenoxy) is 8. The van der Waals surface area contributed by atoms with Crippen LogP contribution in [0.25, 0.3) is 22.3 Å². The van der Waals surface area contributed by atoms with Gasteiger partial charge in [0.25, 0.3) is 0 Å². The number of benzene rings is 4. The van der Waals surface area contributed by atoms with Gasteiger partial charge in [0.05, 0.1) is 37.6 Å². The van der Waals surface area contributed by atoms with E-state index in [1.165, 1.54) is 36.4 Å². The maximum Gasteiger partial charge on any atom is 0.338 e. The Balaban J connectivity index is 0.939. The average Bonchev–Trinajstić information content (AvgIpc) is 3.88. The van der Waals surface area contributed by atoms with E-state index in [1.807, 2.05) is 0 Å². The molecule has 0 saturated carbocycles. The van der Waals surface area contributed by atoms with Crippen LogP contribution in [0.2, 0.25) is 0 Å². The molecule has 0 aromatic heterocycles. The van der Waals surface area contributed by atoms with Gasteiger partial charge in [0.15, 0.2) is 12.2 Å². The van der Waals surface area contributed by atoms with Crippen molar-refractivity contribution in [3.05, 3.63) is 144 Å². The Bertz CT molecular complexity index is 2270. The van der Waals surface area contributed by atoms with Crippen molar-refractivity contribution in [3.63, 3.8) is 0 Å². The third kappa shape index (κ3) is 12.8. The van der Waals surface area contributed by atoms with E-state index < -0.39 is 65.9 Å². The molecule has 0 unspecified atom stereocenters. The number of esters is 5. The van der Waals surface area contributed by atoms with Crippen molar-refractivity contribution in [1.29, 1.82) is 0 Å². The number of carbonyl (C=O) groups is 5. The lowest BCUT2D eigenvalue weighted by Gasteiger charge is -2.17. The van der Waals surface area contributed by atoms with E-state index in [-0.39, 0.29) is 70.0 Å². The number of hydrogen-bond acceptors (Lipinski definition) is 13. The molecule has 2 aliphatic heterocycles. The molecule has 13 nitrogen and oxygen atoms in total.